The lowest BCUT2D eigenvalue weighted by molar-refractivity contribution is 0.102. The van der Waals surface area contributed by atoms with Crippen LogP contribution < -0.4 is 20.3 Å². The predicted octanol–water partition coefficient (Wildman–Crippen LogP) is 6.36. The minimum Gasteiger partial charge on any atom is -0.496 e. The first-order valence-electron chi connectivity index (χ1n) is 13.6. The van der Waals surface area contributed by atoms with Gasteiger partial charge in [0.05, 0.1) is 18.9 Å². The van der Waals surface area contributed by atoms with Crippen molar-refractivity contribution in [2.24, 2.45) is 0 Å². The molecule has 0 fully saturated rings. The van der Waals surface area contributed by atoms with Crippen molar-refractivity contribution in [3.05, 3.63) is 136 Å². The van der Waals surface area contributed by atoms with E-state index in [2.05, 4.69) is 10.3 Å². The zero-order valence-electron chi connectivity index (χ0n) is 23.9. The zero-order valence-corrected chi connectivity index (χ0v) is 23.9. The van der Waals surface area contributed by atoms with Gasteiger partial charge in [0, 0.05) is 47.7 Å². The number of carbonyl (C=O) groups excluding carboxylic acids is 1. The molecule has 5 aromatic rings. The SMILES string of the molecule is COc1ccn(-c2ccccc2)c(=O)c1C(=O)Nc1ccc(O/C(=C/C=N)c2[nH]ccc2-c2cccc(C(C)O)c2)c(F)c1. The number of aromatic nitrogens is 2. The van der Waals surface area contributed by atoms with Crippen LogP contribution in [0.1, 0.15) is 34.6 Å². The third-order valence-corrected chi connectivity index (χ3v) is 6.85. The van der Waals surface area contributed by atoms with Crippen LogP contribution in [-0.4, -0.2) is 33.9 Å². The molecule has 2 heterocycles. The topological polar surface area (TPSA) is 129 Å². The normalized spacial score (nSPS) is 12.0. The standard InChI is InChI=1S/C34H29FN4O5/c1-21(40)22-7-6-8-23(19-22)26-14-17-37-32(26)30(13-16-36)44-28-12-11-24(20-27(28)35)38-33(41)31-29(43-2)15-18-39(34(31)42)25-9-4-3-5-10-25/h3-21,36-37,40H,1-2H3,(H,38,41)/b30-13+,36-16?. The van der Waals surface area contributed by atoms with E-state index in [4.69, 9.17) is 14.9 Å². The second kappa shape index (κ2) is 13.1. The van der Waals surface area contributed by atoms with Crippen molar-refractivity contribution in [3.8, 4) is 28.3 Å². The van der Waals surface area contributed by atoms with Gasteiger partial charge in [0.1, 0.15) is 11.3 Å². The van der Waals surface area contributed by atoms with Gasteiger partial charge in [0.2, 0.25) is 0 Å². The largest absolute Gasteiger partial charge is 0.496 e. The Labute approximate surface area is 252 Å². The number of ether oxygens (including phenoxy) is 2. The van der Waals surface area contributed by atoms with Gasteiger partial charge >= 0.3 is 0 Å². The van der Waals surface area contributed by atoms with Gasteiger partial charge in [-0.3, -0.25) is 14.2 Å². The maximum atomic E-state index is 15.3. The number of para-hydroxylation sites is 1. The molecule has 5 rings (SSSR count). The molecule has 9 nitrogen and oxygen atoms in total. The average molecular weight is 593 g/mol. The van der Waals surface area contributed by atoms with E-state index in [-0.39, 0.29) is 28.5 Å². The number of aliphatic hydroxyl groups excluding tert-OH is 1. The van der Waals surface area contributed by atoms with Gasteiger partial charge in [-0.05, 0) is 60.5 Å². The number of allylic oxidation sites excluding steroid dienone is 1. The van der Waals surface area contributed by atoms with E-state index in [1.165, 1.54) is 42.1 Å². The van der Waals surface area contributed by atoms with Gasteiger partial charge in [-0.2, -0.15) is 0 Å². The van der Waals surface area contributed by atoms with E-state index >= 15 is 4.39 Å². The summed E-state index contributed by atoms with van der Waals surface area (Å²) in [4.78, 5) is 29.6. The highest BCUT2D eigenvalue weighted by atomic mass is 19.1. The molecule has 0 radical (unpaired) electrons. The number of aliphatic hydroxyl groups is 1. The fraction of sp³-hybridized carbons (Fsp3) is 0.0882. The molecule has 2 aromatic heterocycles. The molecular weight excluding hydrogens is 563 g/mol. The molecule has 0 aliphatic rings. The van der Waals surface area contributed by atoms with Crippen LogP contribution in [0.3, 0.4) is 0 Å². The lowest BCUT2D eigenvalue weighted by atomic mass is 10.0. The molecule has 10 heteroatoms. The third kappa shape index (κ3) is 6.20. The summed E-state index contributed by atoms with van der Waals surface area (Å²) < 4.78 is 27.8. The molecular formula is C34H29FN4O5. The number of nitrogens with one attached hydrogen (secondary N) is 3. The minimum absolute atomic E-state index is 0.0715. The highest BCUT2D eigenvalue weighted by molar-refractivity contribution is 6.06. The van der Waals surface area contributed by atoms with E-state index < -0.39 is 23.4 Å². The van der Waals surface area contributed by atoms with E-state index in [9.17, 15) is 14.7 Å². The molecule has 1 amide bonds. The van der Waals surface area contributed by atoms with E-state index in [0.29, 0.717) is 11.4 Å². The second-order valence-electron chi connectivity index (χ2n) is 9.74. The van der Waals surface area contributed by atoms with Crippen LogP contribution in [0.25, 0.3) is 22.6 Å². The first-order valence-corrected chi connectivity index (χ1v) is 13.6. The van der Waals surface area contributed by atoms with Gasteiger partial charge < -0.3 is 30.3 Å². The summed E-state index contributed by atoms with van der Waals surface area (Å²) in [7, 11) is 1.35. The van der Waals surface area contributed by atoms with E-state index in [0.717, 1.165) is 29.0 Å². The summed E-state index contributed by atoms with van der Waals surface area (Å²) in [6.07, 6.45) is 4.94. The number of amides is 1. The van der Waals surface area contributed by atoms with Crippen molar-refractivity contribution in [1.29, 1.82) is 5.41 Å². The summed E-state index contributed by atoms with van der Waals surface area (Å²) in [5.74, 6) is -1.47. The molecule has 0 aliphatic carbocycles. The maximum absolute atomic E-state index is 15.3. The number of anilines is 1. The summed E-state index contributed by atoms with van der Waals surface area (Å²) in [6.45, 7) is 1.67. The molecule has 44 heavy (non-hydrogen) atoms. The molecule has 1 atom stereocenters. The number of carbonyl (C=O) groups is 1. The van der Waals surface area contributed by atoms with Gasteiger partial charge in [-0.25, -0.2) is 4.39 Å². The van der Waals surface area contributed by atoms with Gasteiger partial charge in [-0.15, -0.1) is 0 Å². The Morgan fingerprint density at radius 3 is 2.55 bits per heavy atom. The van der Waals surface area contributed by atoms with Crippen LogP contribution in [-0.2, 0) is 0 Å². The first-order chi connectivity index (χ1) is 21.3. The molecule has 222 valence electrons. The van der Waals surface area contributed by atoms with Crippen LogP contribution in [0.15, 0.2) is 108 Å². The Morgan fingerprint density at radius 1 is 1.05 bits per heavy atom. The zero-order chi connectivity index (χ0) is 31.2. The molecule has 3 aromatic carbocycles. The smallest absolute Gasteiger partial charge is 0.271 e. The Morgan fingerprint density at radius 2 is 1.84 bits per heavy atom. The number of aromatic amines is 1. The average Bonchev–Trinajstić information content (AvgIpc) is 3.52. The van der Waals surface area contributed by atoms with E-state index in [1.807, 2.05) is 36.4 Å². The molecule has 1 unspecified atom stereocenters. The third-order valence-electron chi connectivity index (χ3n) is 6.85. The fourth-order valence-corrected chi connectivity index (χ4v) is 4.69. The number of hydrogen-bond acceptors (Lipinski definition) is 6. The van der Waals surface area contributed by atoms with Crippen LogP contribution in [0.4, 0.5) is 10.1 Å². The summed E-state index contributed by atoms with van der Waals surface area (Å²) in [5, 5.41) is 20.2. The number of methoxy groups -OCH3 is 1. The fourth-order valence-electron chi connectivity index (χ4n) is 4.69. The number of halogens is 1. The molecule has 0 saturated carbocycles. The lowest BCUT2D eigenvalue weighted by Gasteiger charge is -2.14. The number of nitrogens with zero attached hydrogens (tertiary/aromatic N) is 1. The van der Waals surface area contributed by atoms with Gasteiger partial charge in [0.25, 0.3) is 11.5 Å². The summed E-state index contributed by atoms with van der Waals surface area (Å²) in [6, 6.07) is 23.3. The molecule has 0 spiro atoms. The number of H-pyrrole nitrogens is 1. The Bertz CT molecular complexity index is 1910. The van der Waals surface area contributed by atoms with Crippen LogP contribution in [0.2, 0.25) is 0 Å². The minimum atomic E-state index is -0.787. The van der Waals surface area contributed by atoms with Crippen molar-refractivity contribution >= 4 is 23.6 Å². The quantitative estimate of drug-likeness (QED) is 0.111. The Balaban J connectivity index is 1.40. The Kier molecular flexibility index (Phi) is 8.82. The summed E-state index contributed by atoms with van der Waals surface area (Å²) in [5.41, 5.74) is 2.55. The number of hydrogen-bond donors (Lipinski definition) is 4. The maximum Gasteiger partial charge on any atom is 0.271 e. The van der Waals surface area contributed by atoms with Crippen LogP contribution in [0, 0.1) is 11.2 Å². The van der Waals surface area contributed by atoms with Crippen molar-refractivity contribution in [2.75, 3.05) is 12.4 Å². The second-order valence-corrected chi connectivity index (χ2v) is 9.74. The van der Waals surface area contributed by atoms with Crippen molar-refractivity contribution < 1.29 is 23.8 Å². The highest BCUT2D eigenvalue weighted by Crippen LogP contribution is 2.33. The molecule has 0 aliphatic heterocycles. The van der Waals surface area contributed by atoms with Crippen LogP contribution >= 0.6 is 0 Å². The molecule has 0 saturated heterocycles. The van der Waals surface area contributed by atoms with Gasteiger partial charge in [0.15, 0.2) is 17.3 Å². The predicted molar refractivity (Wildman–Crippen MR) is 167 cm³/mol. The Hall–Kier alpha value is -5.74. The number of pyridine rings is 1. The summed E-state index contributed by atoms with van der Waals surface area (Å²) >= 11 is 0. The van der Waals surface area contributed by atoms with Crippen molar-refractivity contribution in [3.63, 3.8) is 0 Å². The van der Waals surface area contributed by atoms with Crippen LogP contribution in [0.5, 0.6) is 11.5 Å². The monoisotopic (exact) mass is 592 g/mol. The molecule has 0 bridgehead atoms. The highest BCUT2D eigenvalue weighted by Gasteiger charge is 2.21. The van der Waals surface area contributed by atoms with E-state index in [1.54, 1.807) is 37.4 Å². The lowest BCUT2D eigenvalue weighted by Crippen LogP contribution is -2.28. The molecule has 4 N–H and O–H groups in total. The van der Waals surface area contributed by atoms with Gasteiger partial charge in [-0.1, -0.05) is 36.4 Å². The number of benzene rings is 3. The number of rotatable bonds is 10. The van der Waals surface area contributed by atoms with Crippen molar-refractivity contribution in [2.45, 2.75) is 13.0 Å². The first kappa shape index (κ1) is 29.7. The van der Waals surface area contributed by atoms with Crippen molar-refractivity contribution in [1.82, 2.24) is 9.55 Å².